The van der Waals surface area contributed by atoms with Crippen molar-refractivity contribution in [3.05, 3.63) is 180 Å². The Morgan fingerprint density at radius 3 is 2.13 bits per heavy atom. The van der Waals surface area contributed by atoms with Gasteiger partial charge in [0, 0.05) is 43.8 Å². The Morgan fingerprint density at radius 2 is 1.40 bits per heavy atom. The summed E-state index contributed by atoms with van der Waals surface area (Å²) in [5.74, 6) is 0.986. The quantitative estimate of drug-likeness (QED) is 0.182. The summed E-state index contributed by atoms with van der Waals surface area (Å²) in [4.78, 5) is 12.0. The zero-order valence-corrected chi connectivity index (χ0v) is 26.7. The fourth-order valence-corrected chi connectivity index (χ4v) is 6.69. The molecule has 8 rings (SSSR count). The molecule has 0 spiro atoms. The summed E-state index contributed by atoms with van der Waals surface area (Å²) in [6.45, 7) is 2.09. The second-order valence-corrected chi connectivity index (χ2v) is 11.2. The average Bonchev–Trinajstić information content (AvgIpc) is 3.08. The van der Waals surface area contributed by atoms with Crippen molar-refractivity contribution in [2.24, 2.45) is 0 Å². The zero-order chi connectivity index (χ0) is 29.7. The first-order chi connectivity index (χ1) is 21.6. The zero-order valence-electron chi connectivity index (χ0n) is 24.5. The molecule has 1 aliphatic heterocycles. The van der Waals surface area contributed by atoms with Crippen molar-refractivity contribution in [1.29, 1.82) is 0 Å². The average molecular weight is 762 g/mol. The van der Waals surface area contributed by atoms with Crippen molar-refractivity contribution in [1.82, 2.24) is 9.97 Å². The Morgan fingerprint density at radius 1 is 0.689 bits per heavy atom. The van der Waals surface area contributed by atoms with Gasteiger partial charge in [-0.3, -0.25) is 4.98 Å². The molecule has 5 aromatic carbocycles. The summed E-state index contributed by atoms with van der Waals surface area (Å²) in [6.07, 6.45) is 1.86. The van der Waals surface area contributed by atoms with E-state index < -0.39 is 5.41 Å². The number of nitrogens with zero attached hydrogens (tertiary/aromatic N) is 3. The van der Waals surface area contributed by atoms with Crippen LogP contribution in [0.15, 0.2) is 146 Å². The van der Waals surface area contributed by atoms with Crippen LogP contribution in [-0.4, -0.2) is 15.1 Å². The minimum atomic E-state index is -0.612. The Balaban J connectivity index is 0.00000325. The smallest absolute Gasteiger partial charge is 0.140 e. The maximum Gasteiger partial charge on any atom is 0.140 e. The fourth-order valence-electron chi connectivity index (χ4n) is 6.69. The van der Waals surface area contributed by atoms with Crippen LogP contribution in [0.1, 0.15) is 27.8 Å². The van der Waals surface area contributed by atoms with Crippen molar-refractivity contribution < 1.29 is 26.2 Å². The van der Waals surface area contributed by atoms with Crippen molar-refractivity contribution in [2.45, 2.75) is 12.3 Å². The number of anilines is 3. The van der Waals surface area contributed by atoms with Gasteiger partial charge in [0.05, 0.1) is 0 Å². The van der Waals surface area contributed by atoms with Gasteiger partial charge in [0.25, 0.3) is 0 Å². The third-order valence-corrected chi connectivity index (χ3v) is 8.62. The molecule has 0 aliphatic carbocycles. The van der Waals surface area contributed by atoms with E-state index in [1.54, 1.807) is 6.07 Å². The van der Waals surface area contributed by atoms with E-state index in [1.165, 1.54) is 16.7 Å². The fraction of sp³-hybridized carbons (Fsp3) is 0.0500. The minimum Gasteiger partial charge on any atom is -0.506 e. The molecule has 0 unspecified atom stereocenters. The Kier molecular flexibility index (Phi) is 7.31. The third-order valence-electron chi connectivity index (χ3n) is 8.62. The van der Waals surface area contributed by atoms with E-state index in [9.17, 15) is 5.11 Å². The van der Waals surface area contributed by atoms with Crippen LogP contribution in [0.4, 0.5) is 17.2 Å². The molecule has 0 saturated heterocycles. The molecule has 1 N–H and O–H groups in total. The predicted molar refractivity (Wildman–Crippen MR) is 177 cm³/mol. The molecule has 0 radical (unpaired) electrons. The summed E-state index contributed by atoms with van der Waals surface area (Å²) in [5.41, 5.74) is 9.23. The van der Waals surface area contributed by atoms with E-state index in [0.717, 1.165) is 45.0 Å². The first-order valence-corrected chi connectivity index (χ1v) is 14.7. The van der Waals surface area contributed by atoms with Gasteiger partial charge in [-0.15, -0.1) is 23.8 Å². The molecule has 0 saturated carbocycles. The van der Waals surface area contributed by atoms with Gasteiger partial charge in [0.1, 0.15) is 17.1 Å². The molecule has 220 valence electrons. The molecule has 0 atom stereocenters. The van der Waals surface area contributed by atoms with Crippen LogP contribution in [0.3, 0.4) is 0 Å². The van der Waals surface area contributed by atoms with E-state index in [0.29, 0.717) is 5.52 Å². The van der Waals surface area contributed by atoms with Crippen molar-refractivity contribution >= 4 is 28.1 Å². The monoisotopic (exact) mass is 761 g/mol. The first kappa shape index (κ1) is 28.7. The molecule has 0 bridgehead atoms. The second kappa shape index (κ2) is 11.5. The normalized spacial score (nSPS) is 13.0. The number of pyridine rings is 2. The van der Waals surface area contributed by atoms with Gasteiger partial charge in [-0.25, -0.2) is 4.98 Å². The summed E-state index contributed by atoms with van der Waals surface area (Å²) in [7, 11) is 0. The third kappa shape index (κ3) is 4.56. The molecule has 4 nitrogen and oxygen atoms in total. The Hall–Kier alpha value is -5.05. The number of phenolic OH excluding ortho intramolecular Hbond substituents is 1. The summed E-state index contributed by atoms with van der Waals surface area (Å²) in [5, 5.41) is 11.5. The number of aryl methyl sites for hydroxylation is 1. The number of benzene rings is 5. The van der Waals surface area contributed by atoms with E-state index in [2.05, 4.69) is 121 Å². The van der Waals surface area contributed by atoms with Crippen LogP contribution < -0.4 is 4.90 Å². The van der Waals surface area contributed by atoms with Crippen molar-refractivity contribution in [2.75, 3.05) is 4.90 Å². The molecule has 2 aromatic heterocycles. The molecule has 0 fully saturated rings. The Labute approximate surface area is 277 Å². The molecular formula is C40H28N3OPt-. The van der Waals surface area contributed by atoms with E-state index >= 15 is 0 Å². The largest absolute Gasteiger partial charge is 0.506 e. The molecule has 45 heavy (non-hydrogen) atoms. The van der Waals surface area contributed by atoms with E-state index in [-0.39, 0.29) is 26.8 Å². The topological polar surface area (TPSA) is 49.2 Å². The van der Waals surface area contributed by atoms with Gasteiger partial charge in [-0.2, -0.15) is 0 Å². The predicted octanol–water partition coefficient (Wildman–Crippen LogP) is 9.27. The maximum atomic E-state index is 10.6. The van der Waals surface area contributed by atoms with Gasteiger partial charge in [0.15, 0.2) is 0 Å². The van der Waals surface area contributed by atoms with Crippen LogP contribution in [0.25, 0.3) is 22.2 Å². The molecule has 0 amide bonds. The molecule has 5 heteroatoms. The molecular weight excluding hydrogens is 734 g/mol. The van der Waals surface area contributed by atoms with Gasteiger partial charge in [-0.05, 0) is 64.8 Å². The standard InChI is InChI=1S/C40H28N3O.Pt/c1-27-23-24-41-38(25-27)43-35-17-9-8-16-32(35)40(30-12-4-2-5-13-30,31-14-6-3-7-15-31)33-21-19-29(26-36(33)43)34-22-20-28-11-10-18-37(44)39(28)42-34;/h2-25,44H,1H3;/q-1;. The summed E-state index contributed by atoms with van der Waals surface area (Å²) < 4.78 is 0. The number of hydrogen-bond acceptors (Lipinski definition) is 4. The number of para-hydroxylation sites is 2. The number of aromatic hydroxyl groups is 1. The van der Waals surface area contributed by atoms with Gasteiger partial charge >= 0.3 is 0 Å². The number of fused-ring (bicyclic) bond motifs is 3. The van der Waals surface area contributed by atoms with Gasteiger partial charge < -0.3 is 10.0 Å². The number of rotatable bonds is 4. The minimum absolute atomic E-state index is 0. The van der Waals surface area contributed by atoms with Gasteiger partial charge in [0.2, 0.25) is 0 Å². The molecule has 1 aliphatic rings. The maximum absolute atomic E-state index is 10.6. The second-order valence-electron chi connectivity index (χ2n) is 11.2. The van der Waals surface area contributed by atoms with Crippen molar-refractivity contribution in [3.8, 4) is 17.0 Å². The SMILES string of the molecule is Cc1ccnc(N2c3[c-]c(-c4ccc5cccc(O)c5n4)ccc3C(c3ccccc3)(c3ccccc3)c3ccccc32)c1.[Pt]. The summed E-state index contributed by atoms with van der Waals surface area (Å²) >= 11 is 0. The van der Waals surface area contributed by atoms with Crippen LogP contribution in [-0.2, 0) is 26.5 Å². The molecule has 7 aromatic rings. The van der Waals surface area contributed by atoms with Crippen LogP contribution in [0.2, 0.25) is 0 Å². The number of aromatic nitrogens is 2. The van der Waals surface area contributed by atoms with Crippen LogP contribution in [0.5, 0.6) is 5.75 Å². The number of phenols is 1. The van der Waals surface area contributed by atoms with E-state index in [4.69, 9.17) is 9.97 Å². The van der Waals surface area contributed by atoms with E-state index in [1.807, 2.05) is 36.5 Å². The van der Waals surface area contributed by atoms with Crippen LogP contribution >= 0.6 is 0 Å². The van der Waals surface area contributed by atoms with Gasteiger partial charge in [-0.1, -0.05) is 109 Å². The summed E-state index contributed by atoms with van der Waals surface area (Å²) in [6, 6.07) is 51.8. The molecule has 3 heterocycles. The first-order valence-electron chi connectivity index (χ1n) is 14.7. The van der Waals surface area contributed by atoms with Crippen LogP contribution in [0, 0.1) is 13.0 Å². The Bertz CT molecular complexity index is 2130. The number of hydrogen-bond donors (Lipinski definition) is 1. The van der Waals surface area contributed by atoms with Crippen molar-refractivity contribution in [3.63, 3.8) is 0 Å².